The summed E-state index contributed by atoms with van der Waals surface area (Å²) in [7, 11) is 0. The first kappa shape index (κ1) is 28.4. The van der Waals surface area contributed by atoms with E-state index in [0.29, 0.717) is 10.6 Å². The normalized spacial score (nSPS) is 25.5. The van der Waals surface area contributed by atoms with Crippen molar-refractivity contribution in [3.63, 3.8) is 0 Å². The maximum absolute atomic E-state index is 12.0. The minimum atomic E-state index is -1.23. The second-order valence-corrected chi connectivity index (χ2v) is 9.64. The fourth-order valence-electron chi connectivity index (χ4n) is 3.95. The molecule has 2 aliphatic rings. The SMILES string of the molecule is CC(=O)OC[C@H]1O[C@@H](Sc2ccccc2N=NN2CCCC2)[C@H](OC(C)=O)[C@@H](OC(C)=O)[C@H]1OC(C)=O. The maximum atomic E-state index is 12.0. The summed E-state index contributed by atoms with van der Waals surface area (Å²) >= 11 is 1.17. The Balaban J connectivity index is 1.95. The minimum absolute atomic E-state index is 0.286. The highest BCUT2D eigenvalue weighted by Gasteiger charge is 2.52. The summed E-state index contributed by atoms with van der Waals surface area (Å²) in [6.45, 7) is 6.17. The molecule has 2 fully saturated rings. The number of thioether (sulfide) groups is 1. The molecule has 1 aromatic carbocycles. The van der Waals surface area contributed by atoms with Crippen LogP contribution in [-0.4, -0.2) is 78.4 Å². The molecule has 0 unspecified atom stereocenters. The number of benzene rings is 1. The van der Waals surface area contributed by atoms with Crippen LogP contribution in [0.3, 0.4) is 0 Å². The topological polar surface area (TPSA) is 142 Å². The molecule has 0 amide bonds. The molecule has 0 aromatic heterocycles. The number of hydrogen-bond donors (Lipinski definition) is 0. The molecule has 2 saturated heterocycles. The molecule has 5 atom stereocenters. The van der Waals surface area contributed by atoms with E-state index in [4.69, 9.17) is 23.7 Å². The van der Waals surface area contributed by atoms with Crippen LogP contribution in [0.2, 0.25) is 0 Å². The molecule has 3 rings (SSSR count). The van der Waals surface area contributed by atoms with Crippen LogP contribution < -0.4 is 0 Å². The van der Waals surface area contributed by atoms with Gasteiger partial charge in [-0.3, -0.25) is 24.2 Å². The fourth-order valence-corrected chi connectivity index (χ4v) is 5.13. The molecule has 0 saturated carbocycles. The third-order valence-corrected chi connectivity index (χ3v) is 6.63. The first-order chi connectivity index (χ1) is 17.6. The zero-order valence-electron chi connectivity index (χ0n) is 21.2. The van der Waals surface area contributed by atoms with Crippen molar-refractivity contribution in [1.82, 2.24) is 5.01 Å². The largest absolute Gasteiger partial charge is 0.463 e. The predicted molar refractivity (Wildman–Crippen MR) is 130 cm³/mol. The van der Waals surface area contributed by atoms with Gasteiger partial charge in [0.15, 0.2) is 18.3 Å². The van der Waals surface area contributed by atoms with E-state index >= 15 is 0 Å². The average molecular weight is 538 g/mol. The zero-order valence-corrected chi connectivity index (χ0v) is 22.0. The summed E-state index contributed by atoms with van der Waals surface area (Å²) in [5, 5.41) is 10.6. The number of rotatable bonds is 9. The van der Waals surface area contributed by atoms with Crippen LogP contribution in [0.4, 0.5) is 5.69 Å². The van der Waals surface area contributed by atoms with Gasteiger partial charge in [0.1, 0.15) is 23.8 Å². The van der Waals surface area contributed by atoms with Gasteiger partial charge >= 0.3 is 23.9 Å². The number of nitrogens with zero attached hydrogens (tertiary/aromatic N) is 3. The molecule has 2 heterocycles. The molecular formula is C24H31N3O9S. The molecule has 0 radical (unpaired) electrons. The standard InChI is InChI=1S/C24H31N3O9S/c1-14(28)32-13-19-21(33-15(2)29)22(34-16(3)30)23(35-17(4)31)24(36-19)37-20-10-6-5-9-18(20)25-26-27-11-7-8-12-27/h5-6,9-10,19,21-24H,7-8,11-13H2,1-4H3/t19-,21+,22+,23-,24+/m1/s1. The third-order valence-electron chi connectivity index (χ3n) is 5.42. The van der Waals surface area contributed by atoms with Crippen molar-refractivity contribution in [2.24, 2.45) is 10.3 Å². The molecule has 13 heteroatoms. The number of carbonyl (C=O) groups is 4. The van der Waals surface area contributed by atoms with Crippen LogP contribution >= 0.6 is 11.8 Å². The number of hydrogen-bond acceptors (Lipinski definition) is 12. The van der Waals surface area contributed by atoms with Gasteiger partial charge in [0.2, 0.25) is 0 Å². The Hall–Kier alpha value is -3.19. The highest BCUT2D eigenvalue weighted by Crippen LogP contribution is 2.40. The van der Waals surface area contributed by atoms with Crippen molar-refractivity contribution >= 4 is 41.3 Å². The molecule has 2 aliphatic heterocycles. The van der Waals surface area contributed by atoms with Gasteiger partial charge in [-0.1, -0.05) is 29.1 Å². The van der Waals surface area contributed by atoms with Crippen molar-refractivity contribution in [3.8, 4) is 0 Å². The predicted octanol–water partition coefficient (Wildman–Crippen LogP) is 2.96. The van der Waals surface area contributed by atoms with Gasteiger partial charge in [0.25, 0.3) is 0 Å². The van der Waals surface area contributed by atoms with Gasteiger partial charge in [-0.25, -0.2) is 0 Å². The average Bonchev–Trinajstić information content (AvgIpc) is 3.34. The monoisotopic (exact) mass is 537 g/mol. The molecule has 37 heavy (non-hydrogen) atoms. The summed E-state index contributed by atoms with van der Waals surface area (Å²) in [5.74, 6) is -2.60. The first-order valence-electron chi connectivity index (χ1n) is 11.9. The lowest BCUT2D eigenvalue weighted by Crippen LogP contribution is -2.61. The summed E-state index contributed by atoms with van der Waals surface area (Å²) in [6, 6.07) is 7.21. The summed E-state index contributed by atoms with van der Waals surface area (Å²) in [5.41, 5.74) is -0.379. The molecule has 0 aliphatic carbocycles. The van der Waals surface area contributed by atoms with Gasteiger partial charge in [-0.05, 0) is 25.0 Å². The Morgan fingerprint density at radius 3 is 2.11 bits per heavy atom. The summed E-state index contributed by atoms with van der Waals surface area (Å²) < 4.78 is 27.7. The van der Waals surface area contributed by atoms with Gasteiger partial charge in [-0.15, -0.1) is 5.11 Å². The van der Waals surface area contributed by atoms with E-state index in [1.807, 2.05) is 17.1 Å². The lowest BCUT2D eigenvalue weighted by atomic mass is 9.99. The van der Waals surface area contributed by atoms with Crippen LogP contribution in [0, 0.1) is 0 Å². The molecule has 12 nitrogen and oxygen atoms in total. The maximum Gasteiger partial charge on any atom is 0.303 e. The van der Waals surface area contributed by atoms with Crippen molar-refractivity contribution < 1.29 is 42.9 Å². The highest BCUT2D eigenvalue weighted by molar-refractivity contribution is 8.00. The van der Waals surface area contributed by atoms with E-state index in [9.17, 15) is 19.2 Å². The number of carbonyl (C=O) groups excluding carboxylic acids is 4. The lowest BCUT2D eigenvalue weighted by Gasteiger charge is -2.44. The van der Waals surface area contributed by atoms with E-state index in [1.165, 1.54) is 39.5 Å². The molecule has 0 bridgehead atoms. The number of ether oxygens (including phenoxy) is 5. The molecule has 1 aromatic rings. The van der Waals surface area contributed by atoms with Gasteiger partial charge in [0.05, 0.1) is 0 Å². The van der Waals surface area contributed by atoms with Crippen LogP contribution in [0.25, 0.3) is 0 Å². The zero-order chi connectivity index (χ0) is 26.9. The van der Waals surface area contributed by atoms with E-state index in [2.05, 4.69) is 10.3 Å². The number of esters is 4. The van der Waals surface area contributed by atoms with Crippen LogP contribution in [0.15, 0.2) is 39.5 Å². The van der Waals surface area contributed by atoms with Crippen molar-refractivity contribution in [1.29, 1.82) is 0 Å². The van der Waals surface area contributed by atoms with Crippen molar-refractivity contribution in [3.05, 3.63) is 24.3 Å². The Labute approximate surface area is 219 Å². The van der Waals surface area contributed by atoms with E-state index < -0.39 is 53.7 Å². The second-order valence-electron chi connectivity index (χ2n) is 8.50. The van der Waals surface area contributed by atoms with Gasteiger partial charge < -0.3 is 23.7 Å². The molecular weight excluding hydrogens is 506 g/mol. The van der Waals surface area contributed by atoms with Crippen molar-refractivity contribution in [2.45, 2.75) is 75.3 Å². The molecule has 0 N–H and O–H groups in total. The first-order valence-corrected chi connectivity index (χ1v) is 12.7. The molecule has 202 valence electrons. The Morgan fingerprint density at radius 1 is 0.892 bits per heavy atom. The summed E-state index contributed by atoms with van der Waals surface area (Å²) in [4.78, 5) is 48.1. The summed E-state index contributed by atoms with van der Waals surface area (Å²) in [6.07, 6.45) is -2.49. The van der Waals surface area contributed by atoms with E-state index in [0.717, 1.165) is 25.9 Å². The van der Waals surface area contributed by atoms with Crippen molar-refractivity contribution in [2.75, 3.05) is 19.7 Å². The van der Waals surface area contributed by atoms with Crippen LogP contribution in [-0.2, 0) is 42.9 Å². The van der Waals surface area contributed by atoms with E-state index in [1.54, 1.807) is 12.1 Å². The van der Waals surface area contributed by atoms with Crippen LogP contribution in [0.5, 0.6) is 0 Å². The van der Waals surface area contributed by atoms with Gasteiger partial charge in [0, 0.05) is 45.7 Å². The third kappa shape index (κ3) is 8.42. The second kappa shape index (κ2) is 13.4. The van der Waals surface area contributed by atoms with E-state index in [-0.39, 0.29) is 6.61 Å². The minimum Gasteiger partial charge on any atom is -0.463 e. The van der Waals surface area contributed by atoms with Crippen LogP contribution in [0.1, 0.15) is 40.5 Å². The Kier molecular flexibility index (Phi) is 10.3. The Bertz CT molecular complexity index is 1010. The lowest BCUT2D eigenvalue weighted by molar-refractivity contribution is -0.237. The quantitative estimate of drug-likeness (QED) is 0.261. The van der Waals surface area contributed by atoms with Gasteiger partial charge in [-0.2, -0.15) is 0 Å². The smallest absolute Gasteiger partial charge is 0.303 e. The fraction of sp³-hybridized carbons (Fsp3) is 0.583. The highest BCUT2D eigenvalue weighted by atomic mass is 32.2. The molecule has 0 spiro atoms. The Morgan fingerprint density at radius 2 is 1.49 bits per heavy atom.